The average Bonchev–Trinajstić information content (AvgIpc) is 3.58. The van der Waals surface area contributed by atoms with Gasteiger partial charge in [-0.3, -0.25) is 4.98 Å². The van der Waals surface area contributed by atoms with Crippen molar-refractivity contribution in [1.82, 2.24) is 15.0 Å². The molecule has 240 valence electrons. The van der Waals surface area contributed by atoms with Crippen LogP contribution in [-0.2, 0) is 0 Å². The Balaban J connectivity index is 1.14. The number of pyridine rings is 1. The number of rotatable bonds is 5. The third kappa shape index (κ3) is 5.27. The summed E-state index contributed by atoms with van der Waals surface area (Å²) in [6.07, 6.45) is 3.67. The molecular weight excluding hydrogens is 631 g/mol. The van der Waals surface area contributed by atoms with E-state index in [1.54, 1.807) is 6.20 Å². The number of hydrogen-bond acceptors (Lipinski definition) is 6. The van der Waals surface area contributed by atoms with Gasteiger partial charge < -0.3 is 13.9 Å². The summed E-state index contributed by atoms with van der Waals surface area (Å²) < 4.78 is 18.7. The van der Waals surface area contributed by atoms with Gasteiger partial charge in [0.25, 0.3) is 0 Å². The molecule has 4 heterocycles. The molecule has 0 aliphatic carbocycles. The first kappa shape index (κ1) is 28.9. The van der Waals surface area contributed by atoms with Crippen LogP contribution < -0.4 is 9.47 Å². The van der Waals surface area contributed by atoms with E-state index >= 15 is 0 Å². The van der Waals surface area contributed by atoms with Gasteiger partial charge >= 0.3 is 0 Å². The van der Waals surface area contributed by atoms with Crippen LogP contribution >= 0.6 is 0 Å². The van der Waals surface area contributed by atoms with E-state index in [1.807, 2.05) is 97.2 Å². The molecule has 6 heteroatoms. The summed E-state index contributed by atoms with van der Waals surface area (Å²) in [5, 5.41) is 2.17. The fourth-order valence-electron chi connectivity index (χ4n) is 6.69. The molecule has 0 amide bonds. The third-order valence-electron chi connectivity index (χ3n) is 9.22. The van der Waals surface area contributed by atoms with E-state index in [0.717, 1.165) is 72.3 Å². The molecule has 0 unspecified atom stereocenters. The molecule has 0 radical (unpaired) electrons. The zero-order valence-electron chi connectivity index (χ0n) is 27.2. The molecular formula is C45H27N3O3. The molecule has 1 aliphatic heterocycles. The normalized spacial score (nSPS) is 11.8. The van der Waals surface area contributed by atoms with Crippen molar-refractivity contribution < 1.29 is 13.9 Å². The number of ether oxygens (including phenoxy) is 2. The standard InChI is InChI=1S/C45H27N3O3/c1-2-9-28(10-3-1)45-47-37(30-16-18-36-35-12-4-5-13-39(35)49-43(36)25-30)26-38(48-45)34-22-32(21-33(23-34)31-11-8-20-46-27-31)29-17-19-42-44(24-29)51-41-15-7-6-14-40(41)50-42/h1-27H. The largest absolute Gasteiger partial charge is 0.456 e. The molecule has 6 nitrogen and oxygen atoms in total. The van der Waals surface area contributed by atoms with Crippen LogP contribution in [0.3, 0.4) is 0 Å². The predicted molar refractivity (Wildman–Crippen MR) is 201 cm³/mol. The average molecular weight is 658 g/mol. The van der Waals surface area contributed by atoms with E-state index in [0.29, 0.717) is 28.8 Å². The van der Waals surface area contributed by atoms with Crippen LogP contribution in [0, 0.1) is 0 Å². The first-order valence-corrected chi connectivity index (χ1v) is 16.7. The molecule has 0 saturated carbocycles. The highest BCUT2D eigenvalue weighted by molar-refractivity contribution is 6.05. The number of para-hydroxylation sites is 3. The third-order valence-corrected chi connectivity index (χ3v) is 9.22. The van der Waals surface area contributed by atoms with E-state index < -0.39 is 0 Å². The molecule has 3 aromatic heterocycles. The summed E-state index contributed by atoms with van der Waals surface area (Å²) in [5.74, 6) is 3.37. The van der Waals surface area contributed by atoms with Gasteiger partial charge in [0.05, 0.1) is 11.4 Å². The van der Waals surface area contributed by atoms with Crippen molar-refractivity contribution in [2.75, 3.05) is 0 Å². The molecule has 0 spiro atoms. The maximum atomic E-state index is 6.29. The lowest BCUT2D eigenvalue weighted by atomic mass is 9.94. The van der Waals surface area contributed by atoms with E-state index in [9.17, 15) is 0 Å². The monoisotopic (exact) mass is 657 g/mol. The minimum absolute atomic E-state index is 0.638. The van der Waals surface area contributed by atoms with Gasteiger partial charge in [-0.2, -0.15) is 0 Å². The Bertz CT molecular complexity index is 2760. The summed E-state index contributed by atoms with van der Waals surface area (Å²) in [7, 11) is 0. The Morgan fingerprint density at radius 2 is 1.02 bits per heavy atom. The fraction of sp³-hybridized carbons (Fsp3) is 0. The molecule has 51 heavy (non-hydrogen) atoms. The highest BCUT2D eigenvalue weighted by atomic mass is 16.6. The smallest absolute Gasteiger partial charge is 0.170 e. The lowest BCUT2D eigenvalue weighted by molar-refractivity contribution is 0.360. The molecule has 0 saturated heterocycles. The Kier molecular flexibility index (Phi) is 6.70. The van der Waals surface area contributed by atoms with E-state index in [-0.39, 0.29) is 0 Å². The maximum absolute atomic E-state index is 6.29. The van der Waals surface area contributed by atoms with E-state index in [1.165, 1.54) is 0 Å². The molecule has 0 N–H and O–H groups in total. The fourth-order valence-corrected chi connectivity index (χ4v) is 6.69. The maximum Gasteiger partial charge on any atom is 0.170 e. The van der Waals surface area contributed by atoms with Gasteiger partial charge in [-0.15, -0.1) is 0 Å². The zero-order chi connectivity index (χ0) is 33.7. The lowest BCUT2D eigenvalue weighted by Crippen LogP contribution is -1.99. The molecule has 6 aromatic carbocycles. The second-order valence-corrected chi connectivity index (χ2v) is 12.5. The van der Waals surface area contributed by atoms with Crippen LogP contribution in [0.25, 0.3) is 78.1 Å². The Morgan fingerprint density at radius 1 is 0.373 bits per heavy atom. The molecule has 1 aliphatic rings. The van der Waals surface area contributed by atoms with Crippen LogP contribution in [0.15, 0.2) is 168 Å². The minimum Gasteiger partial charge on any atom is -0.456 e. The topological polar surface area (TPSA) is 70.3 Å². The zero-order valence-corrected chi connectivity index (χ0v) is 27.2. The lowest BCUT2D eigenvalue weighted by Gasteiger charge is -2.21. The summed E-state index contributed by atoms with van der Waals surface area (Å²) in [5.41, 5.74) is 10.1. The van der Waals surface area contributed by atoms with Gasteiger partial charge in [-0.25, -0.2) is 9.97 Å². The predicted octanol–water partition coefficient (Wildman–Crippen LogP) is 12.0. The van der Waals surface area contributed by atoms with Crippen molar-refractivity contribution in [3.8, 4) is 79.2 Å². The number of furan rings is 1. The summed E-state index contributed by atoms with van der Waals surface area (Å²) in [6.45, 7) is 0. The van der Waals surface area contributed by atoms with Crippen LogP contribution in [0.4, 0.5) is 0 Å². The Morgan fingerprint density at radius 3 is 1.84 bits per heavy atom. The highest BCUT2D eigenvalue weighted by Crippen LogP contribution is 2.47. The summed E-state index contributed by atoms with van der Waals surface area (Å²) in [6, 6.07) is 50.8. The van der Waals surface area contributed by atoms with Gasteiger partial charge in [0.15, 0.2) is 28.8 Å². The number of aromatic nitrogens is 3. The quantitative estimate of drug-likeness (QED) is 0.183. The van der Waals surface area contributed by atoms with Crippen molar-refractivity contribution in [2.24, 2.45) is 0 Å². The van der Waals surface area contributed by atoms with Crippen LogP contribution in [0.5, 0.6) is 23.0 Å². The van der Waals surface area contributed by atoms with E-state index in [4.69, 9.17) is 23.9 Å². The van der Waals surface area contributed by atoms with Gasteiger partial charge in [0.2, 0.25) is 0 Å². The minimum atomic E-state index is 0.638. The SMILES string of the molecule is c1ccc(-c2nc(-c3cc(-c4cccnc4)cc(-c4ccc5c(c4)Oc4ccccc4O5)c3)cc(-c3ccc4c(c3)oc3ccccc34)n2)cc1. The van der Waals surface area contributed by atoms with Gasteiger partial charge in [-0.1, -0.05) is 78.9 Å². The van der Waals surface area contributed by atoms with Crippen molar-refractivity contribution >= 4 is 21.9 Å². The van der Waals surface area contributed by atoms with Crippen LogP contribution in [0.1, 0.15) is 0 Å². The van der Waals surface area contributed by atoms with Crippen LogP contribution in [-0.4, -0.2) is 15.0 Å². The first-order chi connectivity index (χ1) is 25.2. The first-order valence-electron chi connectivity index (χ1n) is 16.7. The van der Waals surface area contributed by atoms with Crippen LogP contribution in [0.2, 0.25) is 0 Å². The number of hydrogen-bond donors (Lipinski definition) is 0. The summed E-state index contributed by atoms with van der Waals surface area (Å²) >= 11 is 0. The van der Waals surface area contributed by atoms with Gasteiger partial charge in [0.1, 0.15) is 11.2 Å². The number of nitrogens with zero attached hydrogens (tertiary/aromatic N) is 3. The molecule has 0 bridgehead atoms. The van der Waals surface area contributed by atoms with Crippen molar-refractivity contribution in [3.05, 3.63) is 164 Å². The van der Waals surface area contributed by atoms with Gasteiger partial charge in [0, 0.05) is 45.4 Å². The second-order valence-electron chi connectivity index (χ2n) is 12.5. The Hall–Kier alpha value is -7.05. The molecule has 10 rings (SSSR count). The second kappa shape index (κ2) is 11.8. The van der Waals surface area contributed by atoms with Gasteiger partial charge in [-0.05, 0) is 89.5 Å². The van der Waals surface area contributed by atoms with Crippen molar-refractivity contribution in [3.63, 3.8) is 0 Å². The Labute approximate surface area is 293 Å². The summed E-state index contributed by atoms with van der Waals surface area (Å²) in [4.78, 5) is 14.7. The molecule has 0 fully saturated rings. The van der Waals surface area contributed by atoms with E-state index in [2.05, 4.69) is 65.6 Å². The van der Waals surface area contributed by atoms with Crippen molar-refractivity contribution in [1.29, 1.82) is 0 Å². The van der Waals surface area contributed by atoms with Crippen molar-refractivity contribution in [2.45, 2.75) is 0 Å². The highest BCUT2D eigenvalue weighted by Gasteiger charge is 2.20. The number of benzene rings is 6. The number of fused-ring (bicyclic) bond motifs is 5. The molecule has 9 aromatic rings. The molecule has 0 atom stereocenters.